The van der Waals surface area contributed by atoms with E-state index in [4.69, 9.17) is 23.2 Å². The minimum absolute atomic E-state index is 0.216. The molecule has 1 aromatic rings. The number of hydrogen-bond acceptors (Lipinski definition) is 5. The van der Waals surface area contributed by atoms with Gasteiger partial charge in [-0.2, -0.15) is 0 Å². The maximum Gasteiger partial charge on any atom is 0.333 e. The lowest BCUT2D eigenvalue weighted by molar-refractivity contribution is 0.252. The minimum atomic E-state index is -0.868. The molecule has 0 unspecified atom stereocenters. The molecule has 1 heterocycles. The summed E-state index contributed by atoms with van der Waals surface area (Å²) in [7, 11) is 0. The fraction of sp³-hybridized carbons (Fsp3) is 0. The van der Waals surface area contributed by atoms with Crippen LogP contribution in [0.25, 0.3) is 0 Å². The number of primary amides is 2. The predicted octanol–water partition coefficient (Wildman–Crippen LogP) is -0.734. The highest BCUT2D eigenvalue weighted by molar-refractivity contribution is 7.09. The lowest BCUT2D eigenvalue weighted by Crippen LogP contribution is -2.45. The Morgan fingerprint density at radius 3 is 1.60 bits per heavy atom. The zero-order chi connectivity index (χ0) is 11.6. The standard InChI is InChI=1S/C6H10N6O2S/c7-5(13)11(9)3-1-15-2-4(3)12(10)6(8)14/h1-2H,9-10H2,(H2,7,13)(H2,8,14). The van der Waals surface area contributed by atoms with E-state index < -0.39 is 12.1 Å². The number of anilines is 2. The molecule has 0 saturated heterocycles. The van der Waals surface area contributed by atoms with E-state index in [9.17, 15) is 9.59 Å². The van der Waals surface area contributed by atoms with Crippen LogP contribution in [0.4, 0.5) is 21.0 Å². The number of carbonyl (C=O) groups is 2. The quantitative estimate of drug-likeness (QED) is 0.301. The van der Waals surface area contributed by atoms with Crippen molar-refractivity contribution in [3.8, 4) is 0 Å². The van der Waals surface area contributed by atoms with E-state index in [1.807, 2.05) is 0 Å². The molecular formula is C6H10N6O2S. The molecule has 0 saturated carbocycles. The van der Waals surface area contributed by atoms with Gasteiger partial charge in [-0.25, -0.2) is 31.3 Å². The number of hydrogen-bond donors (Lipinski definition) is 4. The van der Waals surface area contributed by atoms with Gasteiger partial charge in [-0.1, -0.05) is 0 Å². The van der Waals surface area contributed by atoms with Crippen molar-refractivity contribution in [3.63, 3.8) is 0 Å². The highest BCUT2D eigenvalue weighted by Gasteiger charge is 2.19. The van der Waals surface area contributed by atoms with Crippen molar-refractivity contribution in [2.75, 3.05) is 10.0 Å². The fourth-order valence-electron chi connectivity index (χ4n) is 0.881. The number of thiophene rings is 1. The Kier molecular flexibility index (Phi) is 3.09. The van der Waals surface area contributed by atoms with Crippen molar-refractivity contribution in [1.29, 1.82) is 0 Å². The first-order valence-electron chi connectivity index (χ1n) is 3.70. The Morgan fingerprint density at radius 1 is 1.00 bits per heavy atom. The van der Waals surface area contributed by atoms with Gasteiger partial charge in [0.05, 0.1) is 11.4 Å². The summed E-state index contributed by atoms with van der Waals surface area (Å²) in [5, 5.41) is 4.38. The third kappa shape index (κ3) is 2.15. The summed E-state index contributed by atoms with van der Waals surface area (Å²) in [6.07, 6.45) is 0. The highest BCUT2D eigenvalue weighted by Crippen LogP contribution is 2.30. The van der Waals surface area contributed by atoms with Crippen LogP contribution in [0.1, 0.15) is 0 Å². The first-order valence-corrected chi connectivity index (χ1v) is 4.64. The topological polar surface area (TPSA) is 145 Å². The van der Waals surface area contributed by atoms with Gasteiger partial charge in [0, 0.05) is 10.8 Å². The van der Waals surface area contributed by atoms with Gasteiger partial charge in [0.25, 0.3) is 0 Å². The summed E-state index contributed by atoms with van der Waals surface area (Å²) in [4.78, 5) is 21.6. The molecule has 15 heavy (non-hydrogen) atoms. The zero-order valence-corrected chi connectivity index (χ0v) is 8.40. The highest BCUT2D eigenvalue weighted by atomic mass is 32.1. The van der Waals surface area contributed by atoms with Crippen molar-refractivity contribution in [2.45, 2.75) is 0 Å². The number of urea groups is 2. The SMILES string of the molecule is NC(=O)N(N)c1cscc1N(N)C(N)=O. The second-order valence-electron chi connectivity index (χ2n) is 2.56. The van der Waals surface area contributed by atoms with Crippen LogP contribution < -0.4 is 33.2 Å². The molecule has 0 aromatic carbocycles. The minimum Gasteiger partial charge on any atom is -0.350 e. The lowest BCUT2D eigenvalue weighted by Gasteiger charge is -2.18. The van der Waals surface area contributed by atoms with Crippen molar-refractivity contribution in [3.05, 3.63) is 10.8 Å². The van der Waals surface area contributed by atoms with Gasteiger partial charge in [0.15, 0.2) is 0 Å². The van der Waals surface area contributed by atoms with Crippen molar-refractivity contribution in [2.24, 2.45) is 23.2 Å². The number of nitrogens with two attached hydrogens (primary N) is 4. The van der Waals surface area contributed by atoms with E-state index >= 15 is 0 Å². The van der Waals surface area contributed by atoms with Gasteiger partial charge in [0.2, 0.25) is 0 Å². The van der Waals surface area contributed by atoms with E-state index in [0.29, 0.717) is 10.0 Å². The summed E-state index contributed by atoms with van der Waals surface area (Å²) < 4.78 is 0. The zero-order valence-electron chi connectivity index (χ0n) is 7.58. The van der Waals surface area contributed by atoms with Gasteiger partial charge in [-0.15, -0.1) is 11.3 Å². The molecule has 0 radical (unpaired) electrons. The van der Waals surface area contributed by atoms with Crippen LogP contribution in [0.2, 0.25) is 0 Å². The largest absolute Gasteiger partial charge is 0.350 e. The fourth-order valence-corrected chi connectivity index (χ4v) is 1.68. The van der Waals surface area contributed by atoms with Crippen molar-refractivity contribution < 1.29 is 9.59 Å². The molecule has 82 valence electrons. The molecule has 0 aliphatic carbocycles. The van der Waals surface area contributed by atoms with Gasteiger partial charge in [0.1, 0.15) is 0 Å². The predicted molar refractivity (Wildman–Crippen MR) is 56.8 cm³/mol. The number of hydrazine groups is 2. The van der Waals surface area contributed by atoms with Crippen LogP contribution in [0, 0.1) is 0 Å². The van der Waals surface area contributed by atoms with Crippen molar-refractivity contribution in [1.82, 2.24) is 0 Å². The lowest BCUT2D eigenvalue weighted by atomic mass is 10.4. The molecule has 1 aromatic heterocycles. The number of nitrogens with zero attached hydrogens (tertiary/aromatic N) is 2. The summed E-state index contributed by atoms with van der Waals surface area (Å²) in [6.45, 7) is 0. The first kappa shape index (κ1) is 11.2. The molecular weight excluding hydrogens is 220 g/mol. The first-order chi connectivity index (χ1) is 6.95. The van der Waals surface area contributed by atoms with Gasteiger partial charge in [-0.3, -0.25) is 0 Å². The summed E-state index contributed by atoms with van der Waals surface area (Å²) in [5.41, 5.74) is 10.4. The van der Waals surface area contributed by atoms with Crippen LogP contribution in [0.15, 0.2) is 10.8 Å². The van der Waals surface area contributed by atoms with E-state index in [-0.39, 0.29) is 11.4 Å². The van der Waals surface area contributed by atoms with Crippen LogP contribution in [0.3, 0.4) is 0 Å². The Bertz CT molecular complexity index is 356. The molecule has 0 aliphatic heterocycles. The monoisotopic (exact) mass is 230 g/mol. The molecule has 1 rings (SSSR count). The Labute approximate surface area is 88.9 Å². The molecule has 0 aliphatic rings. The summed E-state index contributed by atoms with van der Waals surface area (Å²) >= 11 is 1.20. The van der Waals surface area contributed by atoms with E-state index in [2.05, 4.69) is 0 Å². The summed E-state index contributed by atoms with van der Waals surface area (Å²) in [5.74, 6) is 10.7. The molecule has 0 fully saturated rings. The maximum absolute atomic E-state index is 10.8. The van der Waals surface area contributed by atoms with E-state index in [0.717, 1.165) is 0 Å². The maximum atomic E-state index is 10.8. The summed E-state index contributed by atoms with van der Waals surface area (Å²) in [6, 6.07) is -1.74. The normalized spacial score (nSPS) is 9.73. The second kappa shape index (κ2) is 4.13. The molecule has 9 heteroatoms. The Morgan fingerprint density at radius 2 is 1.33 bits per heavy atom. The molecule has 0 spiro atoms. The van der Waals surface area contributed by atoms with Crippen LogP contribution in [0.5, 0.6) is 0 Å². The van der Waals surface area contributed by atoms with Gasteiger partial charge in [-0.05, 0) is 0 Å². The number of amides is 4. The van der Waals surface area contributed by atoms with Crippen molar-refractivity contribution >= 4 is 34.8 Å². The third-order valence-corrected chi connectivity index (χ3v) is 2.33. The second-order valence-corrected chi connectivity index (χ2v) is 3.30. The molecule has 8 N–H and O–H groups in total. The Balaban J connectivity index is 3.06. The average Bonchev–Trinajstić information content (AvgIpc) is 2.63. The van der Waals surface area contributed by atoms with Crippen LogP contribution in [-0.2, 0) is 0 Å². The van der Waals surface area contributed by atoms with Crippen LogP contribution in [-0.4, -0.2) is 12.1 Å². The van der Waals surface area contributed by atoms with E-state index in [1.54, 1.807) is 0 Å². The molecule has 8 nitrogen and oxygen atoms in total. The molecule has 4 amide bonds. The van der Waals surface area contributed by atoms with Gasteiger partial charge >= 0.3 is 12.1 Å². The van der Waals surface area contributed by atoms with Gasteiger partial charge < -0.3 is 11.5 Å². The number of carbonyl (C=O) groups excluding carboxylic acids is 2. The third-order valence-electron chi connectivity index (χ3n) is 1.62. The number of rotatable bonds is 2. The van der Waals surface area contributed by atoms with Crippen LogP contribution >= 0.6 is 11.3 Å². The molecule has 0 bridgehead atoms. The smallest absolute Gasteiger partial charge is 0.333 e. The Hall–Kier alpha value is -1.84. The average molecular weight is 230 g/mol. The van der Waals surface area contributed by atoms with E-state index in [1.165, 1.54) is 22.1 Å². The molecule has 0 atom stereocenters.